The van der Waals surface area contributed by atoms with Crippen molar-refractivity contribution < 1.29 is 23.0 Å². The van der Waals surface area contributed by atoms with E-state index in [1.807, 2.05) is 18.2 Å². The Balaban J connectivity index is 1.32. The van der Waals surface area contributed by atoms with Gasteiger partial charge in [0.15, 0.2) is 5.75 Å². The monoisotopic (exact) mass is 544 g/mol. The fraction of sp³-hybridized carbons (Fsp3) is 0.346. The number of para-hydroxylation sites is 2. The first-order chi connectivity index (χ1) is 18.2. The zero-order valence-electron chi connectivity index (χ0n) is 20.9. The van der Waals surface area contributed by atoms with Crippen molar-refractivity contribution >= 4 is 40.5 Å². The number of likely N-dealkylation sites (N-methyl/N-ethyl adjacent to an activating group) is 1. The molecular weight excluding hydrogens is 518 g/mol. The highest BCUT2D eigenvalue weighted by atomic mass is 35.5. The molecule has 2 aromatic carbocycles. The molecule has 0 radical (unpaired) electrons. The van der Waals surface area contributed by atoms with Crippen LogP contribution in [0.25, 0.3) is 0 Å². The van der Waals surface area contributed by atoms with Crippen LogP contribution in [0, 0.1) is 5.92 Å². The summed E-state index contributed by atoms with van der Waals surface area (Å²) in [4.78, 5) is 25.4. The first-order valence-electron chi connectivity index (χ1n) is 12.1. The number of nitrogens with one attached hydrogen (secondary N) is 2. The van der Waals surface area contributed by atoms with Gasteiger partial charge in [-0.05, 0) is 31.3 Å². The second kappa shape index (κ2) is 10.6. The van der Waals surface area contributed by atoms with Crippen LogP contribution in [0.4, 0.5) is 31.8 Å². The van der Waals surface area contributed by atoms with Crippen LogP contribution in [0.15, 0.2) is 48.7 Å². The lowest BCUT2D eigenvalue weighted by Gasteiger charge is -2.34. The number of halogens is 3. The van der Waals surface area contributed by atoms with Gasteiger partial charge < -0.3 is 29.9 Å². The van der Waals surface area contributed by atoms with E-state index >= 15 is 0 Å². The Bertz CT molecular complexity index is 1340. The molecule has 0 unspecified atom stereocenters. The maximum atomic E-state index is 13.3. The molecule has 2 heterocycles. The molecule has 3 aromatic rings. The molecule has 2 fully saturated rings. The van der Waals surface area contributed by atoms with E-state index in [0.717, 1.165) is 31.9 Å². The predicted molar refractivity (Wildman–Crippen MR) is 141 cm³/mol. The summed E-state index contributed by atoms with van der Waals surface area (Å²) in [6, 6.07) is 12.3. The molecular formula is C26H27ClF2N6O3. The molecule has 1 atom stereocenters. The van der Waals surface area contributed by atoms with E-state index in [4.69, 9.17) is 21.1 Å². The van der Waals surface area contributed by atoms with Gasteiger partial charge >= 0.3 is 0 Å². The number of anilines is 4. The Hall–Kier alpha value is -3.70. The average Bonchev–Trinajstić information content (AvgIpc) is 3.56. The lowest BCUT2D eigenvalue weighted by Crippen LogP contribution is -2.44. The van der Waals surface area contributed by atoms with Crippen molar-refractivity contribution in [2.45, 2.75) is 12.3 Å². The molecule has 1 aliphatic heterocycles. The van der Waals surface area contributed by atoms with Gasteiger partial charge in [0, 0.05) is 44.4 Å². The number of aromatic nitrogens is 2. The van der Waals surface area contributed by atoms with Crippen molar-refractivity contribution in [3.05, 3.63) is 53.7 Å². The highest BCUT2D eigenvalue weighted by molar-refractivity contribution is 6.31. The molecule has 12 heteroatoms. The minimum Gasteiger partial charge on any atom is -0.494 e. The van der Waals surface area contributed by atoms with Crippen LogP contribution in [0.3, 0.4) is 0 Å². The minimum absolute atomic E-state index is 0.0237. The molecule has 0 bridgehead atoms. The fourth-order valence-corrected chi connectivity index (χ4v) is 4.26. The Morgan fingerprint density at radius 1 is 1.11 bits per heavy atom. The number of methoxy groups -OCH3 is 1. The number of alkyl halides is 2. The Morgan fingerprint density at radius 3 is 2.55 bits per heavy atom. The number of ether oxygens (including phenoxy) is 2. The summed E-state index contributed by atoms with van der Waals surface area (Å²) in [5, 5.41) is 5.76. The minimum atomic E-state index is -2.97. The summed E-state index contributed by atoms with van der Waals surface area (Å²) in [5.41, 5.74) is 1.94. The SMILES string of the molecule is COc1cc(N2CCN(C)CC2)ccc1Nc1ncc(Cl)c(Oc2ccccc2NC(=O)[C@@H]2CC2(F)F)n1. The van der Waals surface area contributed by atoms with E-state index in [1.165, 1.54) is 6.20 Å². The molecule has 1 amide bonds. The number of piperazine rings is 1. The second-order valence-corrected chi connectivity index (χ2v) is 9.66. The van der Waals surface area contributed by atoms with Gasteiger partial charge in [-0.2, -0.15) is 4.98 Å². The highest BCUT2D eigenvalue weighted by Crippen LogP contribution is 2.49. The zero-order chi connectivity index (χ0) is 26.9. The van der Waals surface area contributed by atoms with Gasteiger partial charge in [-0.25, -0.2) is 13.8 Å². The Labute approximate surface area is 223 Å². The van der Waals surface area contributed by atoms with Crippen LogP contribution in [0.5, 0.6) is 17.4 Å². The first-order valence-corrected chi connectivity index (χ1v) is 12.5. The third-order valence-electron chi connectivity index (χ3n) is 6.51. The molecule has 2 aliphatic rings. The second-order valence-electron chi connectivity index (χ2n) is 9.25. The van der Waals surface area contributed by atoms with Crippen LogP contribution in [0.1, 0.15) is 6.42 Å². The molecule has 1 saturated carbocycles. The maximum Gasteiger partial charge on any atom is 0.260 e. The van der Waals surface area contributed by atoms with Crippen LogP contribution in [-0.4, -0.2) is 67.0 Å². The molecule has 1 aliphatic carbocycles. The van der Waals surface area contributed by atoms with Gasteiger partial charge in [0.25, 0.3) is 5.92 Å². The summed E-state index contributed by atoms with van der Waals surface area (Å²) < 4.78 is 38.1. The van der Waals surface area contributed by atoms with Gasteiger partial charge in [0.05, 0.1) is 24.7 Å². The number of hydrogen-bond donors (Lipinski definition) is 2. The molecule has 9 nitrogen and oxygen atoms in total. The van der Waals surface area contributed by atoms with Crippen molar-refractivity contribution in [1.29, 1.82) is 0 Å². The third kappa shape index (κ3) is 5.73. The lowest BCUT2D eigenvalue weighted by atomic mass is 10.2. The number of nitrogens with zero attached hydrogens (tertiary/aromatic N) is 4. The summed E-state index contributed by atoms with van der Waals surface area (Å²) in [6.07, 6.45) is 0.914. The van der Waals surface area contributed by atoms with Gasteiger partial charge in [0.1, 0.15) is 16.7 Å². The molecule has 5 rings (SSSR count). The van der Waals surface area contributed by atoms with E-state index in [1.54, 1.807) is 31.4 Å². The summed E-state index contributed by atoms with van der Waals surface area (Å²) >= 11 is 6.28. The average molecular weight is 545 g/mol. The summed E-state index contributed by atoms with van der Waals surface area (Å²) in [5.74, 6) is -4.04. The Morgan fingerprint density at radius 2 is 1.84 bits per heavy atom. The first kappa shape index (κ1) is 25.9. The van der Waals surface area contributed by atoms with E-state index in [-0.39, 0.29) is 28.3 Å². The van der Waals surface area contributed by atoms with Gasteiger partial charge in [-0.15, -0.1) is 0 Å². The van der Waals surface area contributed by atoms with Crippen molar-refractivity contribution in [2.24, 2.45) is 5.92 Å². The predicted octanol–water partition coefficient (Wildman–Crippen LogP) is 5.02. The van der Waals surface area contributed by atoms with Crippen molar-refractivity contribution in [2.75, 3.05) is 55.9 Å². The van der Waals surface area contributed by atoms with Crippen molar-refractivity contribution in [3.8, 4) is 17.4 Å². The van der Waals surface area contributed by atoms with E-state index in [2.05, 4.69) is 37.4 Å². The van der Waals surface area contributed by atoms with Gasteiger partial charge in [-0.1, -0.05) is 23.7 Å². The molecule has 2 N–H and O–H groups in total. The van der Waals surface area contributed by atoms with E-state index in [9.17, 15) is 13.6 Å². The standard InChI is InChI=1S/C26H27ClF2N6O3/c1-34-9-11-35(12-10-34)16-7-8-20(22(13-16)37-2)32-25-30-15-18(27)24(33-25)38-21-6-4-3-5-19(21)31-23(36)17-14-26(17,28)29/h3-8,13,15,17H,9-12,14H2,1-2H3,(H,31,36)(H,30,32,33)/t17-/m0/s1. The summed E-state index contributed by atoms with van der Waals surface area (Å²) in [7, 11) is 3.70. The van der Waals surface area contributed by atoms with Crippen LogP contribution in [0.2, 0.25) is 5.02 Å². The van der Waals surface area contributed by atoms with Crippen LogP contribution >= 0.6 is 11.6 Å². The van der Waals surface area contributed by atoms with Crippen LogP contribution < -0.4 is 25.0 Å². The third-order valence-corrected chi connectivity index (χ3v) is 6.77. The van der Waals surface area contributed by atoms with Crippen LogP contribution in [-0.2, 0) is 4.79 Å². The molecule has 1 saturated heterocycles. The lowest BCUT2D eigenvalue weighted by molar-refractivity contribution is -0.119. The van der Waals surface area contributed by atoms with Crippen molar-refractivity contribution in [1.82, 2.24) is 14.9 Å². The highest BCUT2D eigenvalue weighted by Gasteiger charge is 2.61. The number of hydrogen-bond acceptors (Lipinski definition) is 8. The molecule has 0 spiro atoms. The smallest absolute Gasteiger partial charge is 0.260 e. The van der Waals surface area contributed by atoms with Crippen molar-refractivity contribution in [3.63, 3.8) is 0 Å². The quantitative estimate of drug-likeness (QED) is 0.408. The summed E-state index contributed by atoms with van der Waals surface area (Å²) in [6.45, 7) is 3.84. The van der Waals surface area contributed by atoms with Gasteiger partial charge in [0.2, 0.25) is 17.7 Å². The number of rotatable bonds is 8. The number of carbonyl (C=O) groups is 1. The molecule has 200 valence electrons. The zero-order valence-corrected chi connectivity index (χ0v) is 21.6. The van der Waals surface area contributed by atoms with E-state index in [0.29, 0.717) is 11.4 Å². The number of carbonyl (C=O) groups excluding carboxylic acids is 1. The fourth-order valence-electron chi connectivity index (χ4n) is 4.13. The maximum absolute atomic E-state index is 13.3. The largest absolute Gasteiger partial charge is 0.494 e. The van der Waals surface area contributed by atoms with Gasteiger partial charge in [-0.3, -0.25) is 4.79 Å². The number of amides is 1. The number of benzene rings is 2. The van der Waals surface area contributed by atoms with E-state index < -0.39 is 24.2 Å². The Kier molecular flexibility index (Phi) is 7.22. The topological polar surface area (TPSA) is 91.9 Å². The molecule has 1 aromatic heterocycles. The normalized spacial score (nSPS) is 18.6. The molecule has 38 heavy (non-hydrogen) atoms.